The average molecular weight is 274 g/mol. The Morgan fingerprint density at radius 1 is 1.80 bits per heavy atom. The molecule has 15 heavy (non-hydrogen) atoms. The summed E-state index contributed by atoms with van der Waals surface area (Å²) in [7, 11) is 0. The van der Waals surface area contributed by atoms with E-state index in [0.29, 0.717) is 12.1 Å². The van der Waals surface area contributed by atoms with Gasteiger partial charge >= 0.3 is 0 Å². The molecule has 1 aliphatic heterocycles. The van der Waals surface area contributed by atoms with Crippen molar-refractivity contribution in [1.29, 1.82) is 0 Å². The molecule has 0 amide bonds. The van der Waals surface area contributed by atoms with Crippen LogP contribution in [-0.4, -0.2) is 35.1 Å². The quantitative estimate of drug-likeness (QED) is 0.902. The first-order chi connectivity index (χ1) is 7.24. The molecule has 0 aromatic carbocycles. The van der Waals surface area contributed by atoms with Crippen molar-refractivity contribution in [2.24, 2.45) is 0 Å². The van der Waals surface area contributed by atoms with Crippen molar-refractivity contribution in [3.05, 3.63) is 16.9 Å². The van der Waals surface area contributed by atoms with Gasteiger partial charge < -0.3 is 10.1 Å². The summed E-state index contributed by atoms with van der Waals surface area (Å²) in [6, 6.07) is 0.933. The van der Waals surface area contributed by atoms with E-state index in [9.17, 15) is 0 Å². The highest BCUT2D eigenvalue weighted by molar-refractivity contribution is 9.10. The molecule has 0 saturated carbocycles. The third-order valence-corrected chi connectivity index (χ3v) is 2.92. The summed E-state index contributed by atoms with van der Waals surface area (Å²) in [6.45, 7) is 4.79. The van der Waals surface area contributed by atoms with Gasteiger partial charge in [0.25, 0.3) is 0 Å². The maximum absolute atomic E-state index is 5.32. The summed E-state index contributed by atoms with van der Waals surface area (Å²) in [6.07, 6.45) is 4.92. The zero-order valence-corrected chi connectivity index (χ0v) is 10.4. The van der Waals surface area contributed by atoms with Gasteiger partial charge in [0.05, 0.1) is 23.8 Å². The van der Waals surface area contributed by atoms with Crippen molar-refractivity contribution >= 4 is 15.9 Å². The van der Waals surface area contributed by atoms with Gasteiger partial charge in [-0.25, -0.2) is 0 Å². The third-order valence-electron chi connectivity index (χ3n) is 2.51. The molecule has 1 aromatic rings. The second-order valence-electron chi connectivity index (χ2n) is 4.01. The second-order valence-corrected chi connectivity index (χ2v) is 4.92. The Labute approximate surface area is 98.1 Å². The molecule has 1 aromatic heterocycles. The van der Waals surface area contributed by atoms with E-state index in [-0.39, 0.29) is 0 Å². The zero-order valence-electron chi connectivity index (χ0n) is 8.82. The Balaban J connectivity index is 1.78. The summed E-state index contributed by atoms with van der Waals surface area (Å²) >= 11 is 3.39. The van der Waals surface area contributed by atoms with Crippen LogP contribution < -0.4 is 5.32 Å². The molecule has 1 aliphatic rings. The zero-order chi connectivity index (χ0) is 10.7. The summed E-state index contributed by atoms with van der Waals surface area (Å²) < 4.78 is 8.29. The van der Waals surface area contributed by atoms with E-state index in [1.807, 2.05) is 17.1 Å². The fourth-order valence-electron chi connectivity index (χ4n) is 1.84. The van der Waals surface area contributed by atoms with Crippen LogP contribution in [0.1, 0.15) is 13.3 Å². The minimum absolute atomic E-state index is 0.420. The highest BCUT2D eigenvalue weighted by Gasteiger charge is 2.17. The maximum Gasteiger partial charge on any atom is 0.0632 e. The lowest BCUT2D eigenvalue weighted by molar-refractivity contribution is 0.187. The Kier molecular flexibility index (Phi) is 3.77. The van der Waals surface area contributed by atoms with E-state index in [0.717, 1.165) is 30.7 Å². The number of halogens is 1. The van der Waals surface area contributed by atoms with Crippen LogP contribution in [0, 0.1) is 0 Å². The van der Waals surface area contributed by atoms with E-state index >= 15 is 0 Å². The Morgan fingerprint density at radius 2 is 2.67 bits per heavy atom. The molecule has 5 heteroatoms. The second kappa shape index (κ2) is 5.09. The Hall–Kier alpha value is -0.390. The van der Waals surface area contributed by atoms with Gasteiger partial charge in [-0.15, -0.1) is 0 Å². The van der Waals surface area contributed by atoms with Crippen LogP contribution in [0.3, 0.4) is 0 Å². The molecule has 0 bridgehead atoms. The van der Waals surface area contributed by atoms with Gasteiger partial charge in [0.15, 0.2) is 0 Å². The summed E-state index contributed by atoms with van der Waals surface area (Å²) in [5.41, 5.74) is 0. The van der Waals surface area contributed by atoms with Gasteiger partial charge in [-0.05, 0) is 29.3 Å². The standard InChI is InChI=1S/C10H16BrN3O/c1-8(13-10-2-3-15-7-10)5-14-6-9(11)4-12-14/h4,6,8,10,13H,2-3,5,7H2,1H3. The summed E-state index contributed by atoms with van der Waals surface area (Å²) in [4.78, 5) is 0. The van der Waals surface area contributed by atoms with Crippen LogP contribution in [0.15, 0.2) is 16.9 Å². The fraction of sp³-hybridized carbons (Fsp3) is 0.700. The minimum atomic E-state index is 0.420. The third kappa shape index (κ3) is 3.29. The van der Waals surface area contributed by atoms with Crippen molar-refractivity contribution in [2.75, 3.05) is 13.2 Å². The minimum Gasteiger partial charge on any atom is -0.380 e. The van der Waals surface area contributed by atoms with Crippen molar-refractivity contribution in [3.63, 3.8) is 0 Å². The topological polar surface area (TPSA) is 39.1 Å². The van der Waals surface area contributed by atoms with Crippen molar-refractivity contribution in [2.45, 2.75) is 32.0 Å². The van der Waals surface area contributed by atoms with E-state index in [1.165, 1.54) is 0 Å². The monoisotopic (exact) mass is 273 g/mol. The largest absolute Gasteiger partial charge is 0.380 e. The molecule has 1 saturated heterocycles. The molecule has 2 heterocycles. The lowest BCUT2D eigenvalue weighted by Gasteiger charge is -2.17. The molecule has 1 fully saturated rings. The van der Waals surface area contributed by atoms with Crippen LogP contribution in [0.5, 0.6) is 0 Å². The van der Waals surface area contributed by atoms with Gasteiger partial charge in [-0.2, -0.15) is 5.10 Å². The first kappa shape index (κ1) is 11.1. The molecule has 0 radical (unpaired) electrons. The number of ether oxygens (including phenoxy) is 1. The molecule has 84 valence electrons. The number of aromatic nitrogens is 2. The summed E-state index contributed by atoms with van der Waals surface area (Å²) in [5.74, 6) is 0. The van der Waals surface area contributed by atoms with Crippen LogP contribution in [-0.2, 0) is 11.3 Å². The highest BCUT2D eigenvalue weighted by atomic mass is 79.9. The van der Waals surface area contributed by atoms with Crippen molar-refractivity contribution in [3.8, 4) is 0 Å². The lowest BCUT2D eigenvalue weighted by atomic mass is 10.2. The number of hydrogen-bond acceptors (Lipinski definition) is 3. The number of nitrogens with one attached hydrogen (secondary N) is 1. The van der Waals surface area contributed by atoms with Gasteiger partial charge in [-0.3, -0.25) is 4.68 Å². The molecule has 2 rings (SSSR count). The Morgan fingerprint density at radius 3 is 3.27 bits per heavy atom. The SMILES string of the molecule is CC(Cn1cc(Br)cn1)NC1CCOC1. The van der Waals surface area contributed by atoms with Gasteiger partial charge in [0, 0.05) is 24.9 Å². The van der Waals surface area contributed by atoms with Crippen LogP contribution >= 0.6 is 15.9 Å². The fourth-order valence-corrected chi connectivity index (χ4v) is 2.17. The van der Waals surface area contributed by atoms with Gasteiger partial charge in [-0.1, -0.05) is 0 Å². The van der Waals surface area contributed by atoms with Gasteiger partial charge in [0.2, 0.25) is 0 Å². The molecule has 4 nitrogen and oxygen atoms in total. The number of hydrogen-bond donors (Lipinski definition) is 1. The van der Waals surface area contributed by atoms with E-state index in [1.54, 1.807) is 0 Å². The van der Waals surface area contributed by atoms with E-state index < -0.39 is 0 Å². The molecule has 0 aliphatic carbocycles. The summed E-state index contributed by atoms with van der Waals surface area (Å²) in [5, 5.41) is 7.76. The first-order valence-electron chi connectivity index (χ1n) is 5.26. The number of rotatable bonds is 4. The van der Waals surface area contributed by atoms with Crippen molar-refractivity contribution < 1.29 is 4.74 Å². The molecule has 1 N–H and O–H groups in total. The van der Waals surface area contributed by atoms with Gasteiger partial charge in [0.1, 0.15) is 0 Å². The number of nitrogens with zero attached hydrogens (tertiary/aromatic N) is 2. The van der Waals surface area contributed by atoms with Crippen LogP contribution in [0.4, 0.5) is 0 Å². The first-order valence-corrected chi connectivity index (χ1v) is 6.05. The maximum atomic E-state index is 5.32. The van der Waals surface area contributed by atoms with E-state index in [2.05, 4.69) is 33.3 Å². The molecule has 0 spiro atoms. The molecular weight excluding hydrogens is 258 g/mol. The van der Waals surface area contributed by atoms with Crippen molar-refractivity contribution in [1.82, 2.24) is 15.1 Å². The van der Waals surface area contributed by atoms with E-state index in [4.69, 9.17) is 4.74 Å². The lowest BCUT2D eigenvalue weighted by Crippen LogP contribution is -2.39. The molecule has 2 atom stereocenters. The average Bonchev–Trinajstić information content (AvgIpc) is 2.77. The highest BCUT2D eigenvalue weighted by Crippen LogP contribution is 2.08. The van der Waals surface area contributed by atoms with Crippen LogP contribution in [0.2, 0.25) is 0 Å². The molecule has 2 unspecified atom stereocenters. The normalized spacial score (nSPS) is 23.2. The predicted molar refractivity (Wildman–Crippen MR) is 61.7 cm³/mol. The predicted octanol–water partition coefficient (Wildman–Crippen LogP) is 1.41. The Bertz CT molecular complexity index is 309. The smallest absolute Gasteiger partial charge is 0.0632 e. The van der Waals surface area contributed by atoms with Crippen LogP contribution in [0.25, 0.3) is 0 Å². The molecular formula is C10H16BrN3O.